The molecule has 2 heteroatoms. The normalized spacial score (nSPS) is 10.9. The summed E-state index contributed by atoms with van der Waals surface area (Å²) in [4.78, 5) is 0. The molecule has 0 spiro atoms. The van der Waals surface area contributed by atoms with Gasteiger partial charge in [-0.2, -0.15) is 0 Å². The molecule has 6 aromatic carbocycles. The van der Waals surface area contributed by atoms with E-state index in [0.29, 0.717) is 0 Å². The van der Waals surface area contributed by atoms with E-state index < -0.39 is 0 Å². The molecule has 1 N–H and O–H groups in total. The van der Waals surface area contributed by atoms with Gasteiger partial charge in [-0.25, -0.2) is 0 Å². The molecule has 172 valence electrons. The highest BCUT2D eigenvalue weighted by atomic mass is 35.5. The van der Waals surface area contributed by atoms with Crippen LogP contribution in [0.15, 0.2) is 140 Å². The van der Waals surface area contributed by atoms with Gasteiger partial charge in [-0.05, 0) is 45.8 Å². The molecular formula is C34H24ClN. The van der Waals surface area contributed by atoms with Crippen molar-refractivity contribution >= 4 is 33.7 Å². The first-order valence-electron chi connectivity index (χ1n) is 12.1. The fourth-order valence-electron chi connectivity index (χ4n) is 4.83. The first kappa shape index (κ1) is 22.2. The van der Waals surface area contributed by atoms with E-state index in [2.05, 4.69) is 133 Å². The molecule has 0 fully saturated rings. The molecule has 0 amide bonds. The van der Waals surface area contributed by atoms with Gasteiger partial charge < -0.3 is 5.32 Å². The molecule has 0 radical (unpaired) electrons. The Kier molecular flexibility index (Phi) is 5.99. The van der Waals surface area contributed by atoms with Crippen LogP contribution in [0.25, 0.3) is 44.2 Å². The predicted molar refractivity (Wildman–Crippen MR) is 155 cm³/mol. The minimum absolute atomic E-state index is 0.725. The molecule has 0 atom stereocenters. The van der Waals surface area contributed by atoms with Gasteiger partial charge >= 0.3 is 0 Å². The van der Waals surface area contributed by atoms with Crippen molar-refractivity contribution in [3.05, 3.63) is 145 Å². The van der Waals surface area contributed by atoms with E-state index in [1.54, 1.807) is 0 Å². The zero-order chi connectivity index (χ0) is 24.3. The lowest BCUT2D eigenvalue weighted by molar-refractivity contribution is 1.53. The van der Waals surface area contributed by atoms with Crippen molar-refractivity contribution in [1.82, 2.24) is 0 Å². The Morgan fingerprint density at radius 1 is 0.444 bits per heavy atom. The highest BCUT2D eigenvalue weighted by Gasteiger charge is 2.15. The van der Waals surface area contributed by atoms with Crippen molar-refractivity contribution in [3.8, 4) is 33.4 Å². The summed E-state index contributed by atoms with van der Waals surface area (Å²) in [6, 6.07) is 48.5. The summed E-state index contributed by atoms with van der Waals surface area (Å²) in [5, 5.41) is 6.96. The van der Waals surface area contributed by atoms with Gasteiger partial charge in [0.15, 0.2) is 0 Å². The summed E-state index contributed by atoms with van der Waals surface area (Å²) < 4.78 is 0. The lowest BCUT2D eigenvalue weighted by Crippen LogP contribution is -1.98. The number of benzene rings is 6. The average molecular weight is 482 g/mol. The van der Waals surface area contributed by atoms with Gasteiger partial charge in [-0.15, -0.1) is 0 Å². The number of anilines is 2. The zero-order valence-corrected chi connectivity index (χ0v) is 20.4. The maximum atomic E-state index is 6.46. The Bertz CT molecular complexity index is 1660. The largest absolute Gasteiger partial charge is 0.354 e. The summed E-state index contributed by atoms with van der Waals surface area (Å²) in [5.41, 5.74) is 9.00. The maximum Gasteiger partial charge on any atom is 0.0543 e. The van der Waals surface area contributed by atoms with E-state index in [-0.39, 0.29) is 0 Å². The van der Waals surface area contributed by atoms with Crippen LogP contribution < -0.4 is 5.32 Å². The van der Waals surface area contributed by atoms with E-state index in [1.165, 1.54) is 21.9 Å². The second kappa shape index (κ2) is 9.73. The molecule has 0 aromatic heterocycles. The standard InChI is InChI=1S/C34H24ClN/c35-27-20-22-30(32(23-27)25-13-5-2-6-14-25)31-17-9-10-18-33(31)36-34-28-16-8-7-15-26(28)19-21-29(34)24-11-3-1-4-12-24/h1-23,36H. The third kappa shape index (κ3) is 4.26. The smallest absolute Gasteiger partial charge is 0.0543 e. The number of hydrogen-bond donors (Lipinski definition) is 1. The summed E-state index contributed by atoms with van der Waals surface area (Å²) >= 11 is 6.46. The second-order valence-corrected chi connectivity index (χ2v) is 9.24. The van der Waals surface area contributed by atoms with E-state index in [4.69, 9.17) is 11.6 Å². The van der Waals surface area contributed by atoms with Crippen LogP contribution in [-0.2, 0) is 0 Å². The van der Waals surface area contributed by atoms with E-state index in [1.807, 2.05) is 12.1 Å². The third-order valence-corrected chi connectivity index (χ3v) is 6.79. The molecule has 0 saturated heterocycles. The number of fused-ring (bicyclic) bond motifs is 1. The molecule has 36 heavy (non-hydrogen) atoms. The van der Waals surface area contributed by atoms with Crippen LogP contribution >= 0.6 is 11.6 Å². The highest BCUT2D eigenvalue weighted by Crippen LogP contribution is 2.42. The summed E-state index contributed by atoms with van der Waals surface area (Å²) in [5.74, 6) is 0. The molecule has 6 rings (SSSR count). The Labute approximate surface area is 216 Å². The average Bonchev–Trinajstić information content (AvgIpc) is 2.94. The number of para-hydroxylation sites is 1. The summed E-state index contributed by atoms with van der Waals surface area (Å²) in [7, 11) is 0. The van der Waals surface area contributed by atoms with Gasteiger partial charge in [-0.1, -0.05) is 133 Å². The van der Waals surface area contributed by atoms with Crippen LogP contribution in [0.3, 0.4) is 0 Å². The van der Waals surface area contributed by atoms with Gasteiger partial charge in [-0.3, -0.25) is 0 Å². The van der Waals surface area contributed by atoms with Gasteiger partial charge in [0.25, 0.3) is 0 Å². The molecule has 0 aliphatic carbocycles. The molecular weight excluding hydrogens is 458 g/mol. The molecule has 0 bridgehead atoms. The monoisotopic (exact) mass is 481 g/mol. The number of rotatable bonds is 5. The van der Waals surface area contributed by atoms with Crippen LogP contribution in [0.2, 0.25) is 5.02 Å². The number of nitrogens with one attached hydrogen (secondary N) is 1. The maximum absolute atomic E-state index is 6.46. The highest BCUT2D eigenvalue weighted by molar-refractivity contribution is 6.31. The Hall–Kier alpha value is -4.33. The quantitative estimate of drug-likeness (QED) is 0.258. The zero-order valence-electron chi connectivity index (χ0n) is 19.7. The minimum atomic E-state index is 0.725. The number of hydrogen-bond acceptors (Lipinski definition) is 1. The van der Waals surface area contributed by atoms with Gasteiger partial charge in [0, 0.05) is 27.2 Å². The molecule has 0 unspecified atom stereocenters. The SMILES string of the molecule is Clc1ccc(-c2ccccc2Nc2c(-c3ccccc3)ccc3ccccc23)c(-c2ccccc2)c1. The molecule has 0 aliphatic rings. The lowest BCUT2D eigenvalue weighted by Gasteiger charge is -2.19. The second-order valence-electron chi connectivity index (χ2n) is 8.80. The molecule has 0 aliphatic heterocycles. The fraction of sp³-hybridized carbons (Fsp3) is 0. The van der Waals surface area contributed by atoms with Crippen molar-refractivity contribution in [2.24, 2.45) is 0 Å². The first-order valence-corrected chi connectivity index (χ1v) is 12.4. The van der Waals surface area contributed by atoms with Crippen LogP contribution in [0.1, 0.15) is 0 Å². The van der Waals surface area contributed by atoms with Crippen LogP contribution in [0.4, 0.5) is 11.4 Å². The minimum Gasteiger partial charge on any atom is -0.354 e. The van der Waals surface area contributed by atoms with Crippen molar-refractivity contribution < 1.29 is 0 Å². The first-order chi connectivity index (χ1) is 17.8. The predicted octanol–water partition coefficient (Wildman–Crippen LogP) is 10.2. The Balaban J connectivity index is 1.54. The van der Waals surface area contributed by atoms with Gasteiger partial charge in [0.05, 0.1) is 5.69 Å². The Morgan fingerprint density at radius 2 is 1.06 bits per heavy atom. The van der Waals surface area contributed by atoms with E-state index in [9.17, 15) is 0 Å². The van der Waals surface area contributed by atoms with Crippen LogP contribution in [-0.4, -0.2) is 0 Å². The van der Waals surface area contributed by atoms with Crippen molar-refractivity contribution in [3.63, 3.8) is 0 Å². The molecule has 0 saturated carbocycles. The molecule has 6 aromatic rings. The lowest BCUT2D eigenvalue weighted by atomic mass is 9.93. The van der Waals surface area contributed by atoms with Crippen molar-refractivity contribution in [2.45, 2.75) is 0 Å². The Morgan fingerprint density at radius 3 is 1.83 bits per heavy atom. The topological polar surface area (TPSA) is 12.0 Å². The van der Waals surface area contributed by atoms with Crippen LogP contribution in [0.5, 0.6) is 0 Å². The molecule has 0 heterocycles. The summed E-state index contributed by atoms with van der Waals surface area (Å²) in [6.07, 6.45) is 0. The summed E-state index contributed by atoms with van der Waals surface area (Å²) in [6.45, 7) is 0. The van der Waals surface area contributed by atoms with E-state index in [0.717, 1.165) is 38.7 Å². The van der Waals surface area contributed by atoms with Crippen molar-refractivity contribution in [1.29, 1.82) is 0 Å². The third-order valence-electron chi connectivity index (χ3n) is 6.56. The van der Waals surface area contributed by atoms with E-state index >= 15 is 0 Å². The van der Waals surface area contributed by atoms with Crippen LogP contribution in [0, 0.1) is 0 Å². The van der Waals surface area contributed by atoms with Crippen molar-refractivity contribution in [2.75, 3.05) is 5.32 Å². The van der Waals surface area contributed by atoms with Gasteiger partial charge in [0.2, 0.25) is 0 Å². The number of halogens is 1. The molecule has 1 nitrogen and oxygen atoms in total. The van der Waals surface area contributed by atoms with Gasteiger partial charge in [0.1, 0.15) is 0 Å². The fourth-order valence-corrected chi connectivity index (χ4v) is 5.01.